The monoisotopic (exact) mass is 274 g/mol. The van der Waals surface area contributed by atoms with E-state index >= 15 is 0 Å². The number of amides is 1. The Morgan fingerprint density at radius 2 is 2.22 bits per heavy atom. The number of aromatic nitrogens is 2. The summed E-state index contributed by atoms with van der Waals surface area (Å²) in [5.74, 6) is 0.174. The predicted octanol–water partition coefficient (Wildman–Crippen LogP) is -0.135. The molecule has 2 N–H and O–H groups in total. The van der Waals surface area contributed by atoms with Gasteiger partial charge in [-0.2, -0.15) is 4.31 Å². The largest absolute Gasteiger partial charge is 0.358 e. The van der Waals surface area contributed by atoms with E-state index < -0.39 is 10.0 Å². The van der Waals surface area contributed by atoms with Crippen LogP contribution in [-0.2, 0) is 14.8 Å². The maximum absolute atomic E-state index is 12.3. The summed E-state index contributed by atoms with van der Waals surface area (Å²) < 4.78 is 25.7. The molecule has 1 aromatic rings. The Morgan fingerprint density at radius 1 is 1.56 bits per heavy atom. The first-order chi connectivity index (χ1) is 8.41. The first-order valence-corrected chi connectivity index (χ1v) is 7.08. The second-order valence-electron chi connectivity index (χ2n) is 3.84. The topological polar surface area (TPSA) is 95.2 Å². The number of nitrogens with one attached hydrogen (secondary N) is 2. The number of H-pyrrole nitrogens is 1. The fourth-order valence-corrected chi connectivity index (χ4v) is 2.89. The number of likely N-dealkylation sites (N-methyl/N-ethyl adjacent to an activating group) is 1. The van der Waals surface area contributed by atoms with E-state index in [0.29, 0.717) is 12.2 Å². The average Bonchev–Trinajstić information content (AvgIpc) is 2.75. The third-order valence-corrected chi connectivity index (χ3v) is 4.12. The SMILES string of the molecule is CCCN(CC(=O)NC)S(=O)(=O)c1cnc(C)[nH]1. The Balaban J connectivity index is 3.00. The van der Waals surface area contributed by atoms with E-state index in [1.165, 1.54) is 13.2 Å². The Labute approximate surface area is 107 Å². The van der Waals surface area contributed by atoms with Gasteiger partial charge in [0.2, 0.25) is 5.91 Å². The summed E-state index contributed by atoms with van der Waals surface area (Å²) in [6, 6.07) is 0. The maximum atomic E-state index is 12.3. The Morgan fingerprint density at radius 3 is 2.67 bits per heavy atom. The van der Waals surface area contributed by atoms with Crippen LogP contribution < -0.4 is 5.32 Å². The molecule has 0 saturated carbocycles. The number of imidazole rings is 1. The van der Waals surface area contributed by atoms with Crippen LogP contribution in [-0.4, -0.2) is 48.7 Å². The van der Waals surface area contributed by atoms with Crippen LogP contribution in [0.15, 0.2) is 11.2 Å². The number of nitrogens with zero attached hydrogens (tertiary/aromatic N) is 2. The molecule has 0 aliphatic carbocycles. The van der Waals surface area contributed by atoms with Crippen molar-refractivity contribution in [2.45, 2.75) is 25.3 Å². The number of sulfonamides is 1. The van der Waals surface area contributed by atoms with Gasteiger partial charge in [0.1, 0.15) is 5.82 Å². The van der Waals surface area contributed by atoms with Crippen molar-refractivity contribution in [3.8, 4) is 0 Å². The lowest BCUT2D eigenvalue weighted by atomic mass is 10.4. The van der Waals surface area contributed by atoms with Crippen molar-refractivity contribution in [3.05, 3.63) is 12.0 Å². The molecule has 0 aliphatic heterocycles. The highest BCUT2D eigenvalue weighted by molar-refractivity contribution is 7.89. The normalized spacial score (nSPS) is 11.8. The second-order valence-corrected chi connectivity index (χ2v) is 5.75. The fraction of sp³-hybridized carbons (Fsp3) is 0.600. The van der Waals surface area contributed by atoms with Crippen LogP contribution in [0.25, 0.3) is 0 Å². The lowest BCUT2D eigenvalue weighted by molar-refractivity contribution is -0.120. The Kier molecular flexibility index (Phi) is 4.85. The lowest BCUT2D eigenvalue weighted by Crippen LogP contribution is -2.40. The van der Waals surface area contributed by atoms with Crippen molar-refractivity contribution in [2.75, 3.05) is 20.1 Å². The molecule has 0 saturated heterocycles. The quantitative estimate of drug-likeness (QED) is 0.755. The van der Waals surface area contributed by atoms with Crippen molar-refractivity contribution >= 4 is 15.9 Å². The number of aromatic amines is 1. The summed E-state index contributed by atoms with van der Waals surface area (Å²) >= 11 is 0. The lowest BCUT2D eigenvalue weighted by Gasteiger charge is -2.19. The molecule has 102 valence electrons. The van der Waals surface area contributed by atoms with E-state index in [9.17, 15) is 13.2 Å². The Bertz CT molecular complexity index is 509. The molecule has 1 aromatic heterocycles. The molecule has 0 spiro atoms. The van der Waals surface area contributed by atoms with Gasteiger partial charge >= 0.3 is 0 Å². The molecule has 0 unspecified atom stereocenters. The summed E-state index contributed by atoms with van der Waals surface area (Å²) in [4.78, 5) is 17.9. The summed E-state index contributed by atoms with van der Waals surface area (Å²) in [5, 5.41) is 2.42. The van der Waals surface area contributed by atoms with Crippen molar-refractivity contribution in [1.29, 1.82) is 0 Å². The average molecular weight is 274 g/mol. The van der Waals surface area contributed by atoms with Gasteiger partial charge in [0.25, 0.3) is 10.0 Å². The molecule has 8 heteroatoms. The minimum atomic E-state index is -3.69. The predicted molar refractivity (Wildman–Crippen MR) is 66.4 cm³/mol. The molecule has 1 rings (SSSR count). The first kappa shape index (κ1) is 14.7. The fourth-order valence-electron chi connectivity index (χ4n) is 1.44. The molecule has 0 aliphatic rings. The van der Waals surface area contributed by atoms with Gasteiger partial charge in [-0.15, -0.1) is 0 Å². The number of hydrogen-bond donors (Lipinski definition) is 2. The smallest absolute Gasteiger partial charge is 0.260 e. The summed E-state index contributed by atoms with van der Waals surface area (Å²) in [7, 11) is -2.22. The van der Waals surface area contributed by atoms with Gasteiger partial charge in [0.05, 0.1) is 12.7 Å². The van der Waals surface area contributed by atoms with E-state index in [2.05, 4.69) is 15.3 Å². The summed E-state index contributed by atoms with van der Waals surface area (Å²) in [6.07, 6.45) is 1.89. The van der Waals surface area contributed by atoms with Crippen LogP contribution in [0.4, 0.5) is 0 Å². The van der Waals surface area contributed by atoms with Crippen LogP contribution in [0.1, 0.15) is 19.2 Å². The number of rotatable bonds is 6. The third-order valence-electron chi connectivity index (χ3n) is 2.37. The summed E-state index contributed by atoms with van der Waals surface area (Å²) in [6.45, 7) is 3.62. The van der Waals surface area contributed by atoms with Crippen molar-refractivity contribution in [1.82, 2.24) is 19.6 Å². The van der Waals surface area contributed by atoms with Crippen LogP contribution in [0.3, 0.4) is 0 Å². The van der Waals surface area contributed by atoms with Gasteiger partial charge in [-0.25, -0.2) is 13.4 Å². The van der Waals surface area contributed by atoms with E-state index in [0.717, 1.165) is 4.31 Å². The van der Waals surface area contributed by atoms with Gasteiger partial charge < -0.3 is 10.3 Å². The van der Waals surface area contributed by atoms with Crippen molar-refractivity contribution < 1.29 is 13.2 Å². The van der Waals surface area contributed by atoms with Gasteiger partial charge in [-0.3, -0.25) is 4.79 Å². The minimum Gasteiger partial charge on any atom is -0.358 e. The summed E-state index contributed by atoms with van der Waals surface area (Å²) in [5.41, 5.74) is 0. The zero-order valence-corrected chi connectivity index (χ0v) is 11.5. The molecular formula is C10H18N4O3S. The second kappa shape index (κ2) is 5.96. The van der Waals surface area contributed by atoms with E-state index in [-0.39, 0.29) is 24.0 Å². The van der Waals surface area contributed by atoms with Crippen LogP contribution >= 0.6 is 0 Å². The van der Waals surface area contributed by atoms with Gasteiger partial charge in [0.15, 0.2) is 5.03 Å². The van der Waals surface area contributed by atoms with Crippen molar-refractivity contribution in [2.24, 2.45) is 0 Å². The number of aryl methyl sites for hydroxylation is 1. The highest BCUT2D eigenvalue weighted by atomic mass is 32.2. The molecule has 1 amide bonds. The molecule has 7 nitrogen and oxygen atoms in total. The first-order valence-electron chi connectivity index (χ1n) is 5.64. The molecule has 0 atom stereocenters. The molecular weight excluding hydrogens is 256 g/mol. The standard InChI is InChI=1S/C10H18N4O3S/c1-4-5-14(7-9(15)11-3)18(16,17)10-6-12-8(2)13-10/h6H,4-5,7H2,1-3H3,(H,11,15)(H,12,13). The zero-order chi connectivity index (χ0) is 13.8. The van der Waals surface area contributed by atoms with E-state index in [4.69, 9.17) is 0 Å². The highest BCUT2D eigenvalue weighted by Crippen LogP contribution is 2.13. The zero-order valence-electron chi connectivity index (χ0n) is 10.7. The van der Waals surface area contributed by atoms with Gasteiger partial charge in [0, 0.05) is 13.6 Å². The number of carbonyl (C=O) groups is 1. The van der Waals surface area contributed by atoms with Gasteiger partial charge in [-0.05, 0) is 13.3 Å². The molecule has 0 fully saturated rings. The molecule has 0 bridgehead atoms. The van der Waals surface area contributed by atoms with E-state index in [1.807, 2.05) is 6.92 Å². The molecule has 1 heterocycles. The number of hydrogen-bond acceptors (Lipinski definition) is 4. The third kappa shape index (κ3) is 3.30. The minimum absolute atomic E-state index is 0.0114. The van der Waals surface area contributed by atoms with Gasteiger partial charge in [-0.1, -0.05) is 6.92 Å². The molecule has 18 heavy (non-hydrogen) atoms. The molecule has 0 radical (unpaired) electrons. The van der Waals surface area contributed by atoms with Crippen LogP contribution in [0.5, 0.6) is 0 Å². The number of carbonyl (C=O) groups excluding carboxylic acids is 1. The maximum Gasteiger partial charge on any atom is 0.260 e. The van der Waals surface area contributed by atoms with Crippen LogP contribution in [0.2, 0.25) is 0 Å². The van der Waals surface area contributed by atoms with Crippen LogP contribution in [0, 0.1) is 6.92 Å². The Hall–Kier alpha value is -1.41. The van der Waals surface area contributed by atoms with Crippen molar-refractivity contribution in [3.63, 3.8) is 0 Å². The molecule has 0 aromatic carbocycles. The van der Waals surface area contributed by atoms with E-state index in [1.54, 1.807) is 6.92 Å². The highest BCUT2D eigenvalue weighted by Gasteiger charge is 2.27.